The van der Waals surface area contributed by atoms with Crippen molar-refractivity contribution >= 4 is 15.9 Å². The molecule has 0 aliphatic carbocycles. The van der Waals surface area contributed by atoms with Crippen LogP contribution in [0.25, 0.3) is 0 Å². The van der Waals surface area contributed by atoms with Gasteiger partial charge in [0.25, 0.3) is 0 Å². The van der Waals surface area contributed by atoms with Crippen LogP contribution in [0.2, 0.25) is 0 Å². The molecule has 0 heterocycles. The molecule has 0 spiro atoms. The molecule has 0 amide bonds. The van der Waals surface area contributed by atoms with Crippen molar-refractivity contribution in [3.05, 3.63) is 34.1 Å². The van der Waals surface area contributed by atoms with Gasteiger partial charge in [-0.2, -0.15) is 0 Å². The van der Waals surface area contributed by atoms with E-state index in [4.69, 9.17) is 5.73 Å². The maximum atomic E-state index is 13.0. The molecule has 1 aromatic carbocycles. The van der Waals surface area contributed by atoms with Gasteiger partial charge < -0.3 is 10.8 Å². The third-order valence-corrected chi connectivity index (χ3v) is 2.70. The fourth-order valence-corrected chi connectivity index (χ4v) is 1.57. The lowest BCUT2D eigenvalue weighted by Crippen LogP contribution is -2.23. The number of hydrogen-bond donors (Lipinski definition) is 2. The molecule has 0 aromatic heterocycles. The van der Waals surface area contributed by atoms with Gasteiger partial charge in [0.05, 0.1) is 16.6 Å². The minimum absolute atomic E-state index is 0.323. The molecule has 13 heavy (non-hydrogen) atoms. The Labute approximate surface area is 84.7 Å². The molecule has 0 aliphatic heterocycles. The molecule has 0 saturated heterocycles. The molecule has 2 nitrogen and oxygen atoms in total. The fourth-order valence-electron chi connectivity index (χ4n) is 1.04. The van der Waals surface area contributed by atoms with Gasteiger partial charge in [0.1, 0.15) is 5.82 Å². The Morgan fingerprint density at radius 2 is 2.15 bits per heavy atom. The second-order valence-corrected chi connectivity index (χ2v) is 3.70. The van der Waals surface area contributed by atoms with Crippen molar-refractivity contribution in [1.29, 1.82) is 0 Å². The molecule has 1 rings (SSSR count). The molecule has 0 bridgehead atoms. The minimum atomic E-state index is -0.696. The van der Waals surface area contributed by atoms with Crippen LogP contribution in [0.3, 0.4) is 0 Å². The number of hydrogen-bond acceptors (Lipinski definition) is 2. The van der Waals surface area contributed by atoms with Crippen LogP contribution >= 0.6 is 15.9 Å². The number of aliphatic hydroxyl groups is 1. The molecule has 3 N–H and O–H groups in total. The molecular weight excluding hydrogens is 237 g/mol. The van der Waals surface area contributed by atoms with Crippen LogP contribution < -0.4 is 5.73 Å². The van der Waals surface area contributed by atoms with E-state index in [1.54, 1.807) is 19.1 Å². The predicted molar refractivity (Wildman–Crippen MR) is 52.7 cm³/mol. The molecule has 0 radical (unpaired) electrons. The normalized spacial score (nSPS) is 15.5. The van der Waals surface area contributed by atoms with E-state index in [1.807, 2.05) is 0 Å². The van der Waals surface area contributed by atoms with Gasteiger partial charge in [-0.05, 0) is 34.5 Å². The quantitative estimate of drug-likeness (QED) is 0.840. The summed E-state index contributed by atoms with van der Waals surface area (Å²) in [6, 6.07) is 4.02. The molecule has 0 aliphatic rings. The van der Waals surface area contributed by atoms with Crippen LogP contribution in [-0.2, 0) is 0 Å². The van der Waals surface area contributed by atoms with Gasteiger partial charge in [-0.25, -0.2) is 4.39 Å². The van der Waals surface area contributed by atoms with Crippen LogP contribution in [0.1, 0.15) is 18.5 Å². The highest BCUT2D eigenvalue weighted by Gasteiger charge is 2.16. The van der Waals surface area contributed by atoms with Crippen molar-refractivity contribution in [3.63, 3.8) is 0 Å². The van der Waals surface area contributed by atoms with E-state index in [9.17, 15) is 9.50 Å². The third-order valence-electron chi connectivity index (χ3n) is 1.86. The Hall–Kier alpha value is -0.450. The first-order valence-corrected chi connectivity index (χ1v) is 4.71. The van der Waals surface area contributed by atoms with Crippen molar-refractivity contribution in [2.45, 2.75) is 19.1 Å². The minimum Gasteiger partial charge on any atom is -0.391 e. The number of benzene rings is 1. The second kappa shape index (κ2) is 4.17. The standard InChI is InChI=1S/C9H11BrFNO/c1-5(13)9(12)6-3-2-4-7(11)8(6)10/h2-5,9,13H,12H2,1H3/t5-,9-/m1/s1. The number of nitrogens with two attached hydrogens (primary N) is 1. The summed E-state index contributed by atoms with van der Waals surface area (Å²) < 4.78 is 13.3. The summed E-state index contributed by atoms with van der Waals surface area (Å²) in [4.78, 5) is 0. The van der Waals surface area contributed by atoms with E-state index < -0.39 is 12.1 Å². The zero-order valence-corrected chi connectivity index (χ0v) is 8.75. The molecule has 0 fully saturated rings. The smallest absolute Gasteiger partial charge is 0.137 e. The summed E-state index contributed by atoms with van der Waals surface area (Å²) in [6.45, 7) is 1.57. The molecule has 2 atom stereocenters. The summed E-state index contributed by atoms with van der Waals surface area (Å²) >= 11 is 3.08. The maximum Gasteiger partial charge on any atom is 0.137 e. The van der Waals surface area contributed by atoms with Crippen molar-refractivity contribution < 1.29 is 9.50 Å². The Morgan fingerprint density at radius 3 is 2.69 bits per heavy atom. The number of rotatable bonds is 2. The first kappa shape index (κ1) is 10.6. The average molecular weight is 248 g/mol. The van der Waals surface area contributed by atoms with Crippen LogP contribution in [0, 0.1) is 5.82 Å². The zero-order valence-electron chi connectivity index (χ0n) is 7.17. The van der Waals surface area contributed by atoms with Gasteiger partial charge in [0.2, 0.25) is 0 Å². The molecule has 1 aromatic rings. The van der Waals surface area contributed by atoms with Crippen molar-refractivity contribution in [3.8, 4) is 0 Å². The topological polar surface area (TPSA) is 46.2 Å². The molecule has 4 heteroatoms. The highest BCUT2D eigenvalue weighted by atomic mass is 79.9. The first-order chi connectivity index (χ1) is 6.04. The van der Waals surface area contributed by atoms with Gasteiger partial charge in [0, 0.05) is 0 Å². The summed E-state index contributed by atoms with van der Waals surface area (Å²) in [5.74, 6) is -0.367. The van der Waals surface area contributed by atoms with E-state index in [2.05, 4.69) is 15.9 Å². The van der Waals surface area contributed by atoms with E-state index in [-0.39, 0.29) is 5.82 Å². The summed E-state index contributed by atoms with van der Waals surface area (Å²) in [6.07, 6.45) is -0.696. The lowest BCUT2D eigenvalue weighted by Gasteiger charge is -2.16. The van der Waals surface area contributed by atoms with E-state index in [0.717, 1.165) is 0 Å². The number of aliphatic hydroxyl groups excluding tert-OH is 1. The summed E-state index contributed by atoms with van der Waals surface area (Å²) in [7, 11) is 0. The molecule has 72 valence electrons. The Bertz CT molecular complexity index is 304. The SMILES string of the molecule is C[C@@H](O)[C@@H](N)c1cccc(F)c1Br. The van der Waals surface area contributed by atoms with Gasteiger partial charge in [-0.1, -0.05) is 12.1 Å². The lowest BCUT2D eigenvalue weighted by molar-refractivity contribution is 0.164. The van der Waals surface area contributed by atoms with Crippen LogP contribution in [0.4, 0.5) is 4.39 Å². The highest BCUT2D eigenvalue weighted by Crippen LogP contribution is 2.26. The Kier molecular flexibility index (Phi) is 3.41. The largest absolute Gasteiger partial charge is 0.391 e. The maximum absolute atomic E-state index is 13.0. The van der Waals surface area contributed by atoms with Crippen LogP contribution in [-0.4, -0.2) is 11.2 Å². The highest BCUT2D eigenvalue weighted by molar-refractivity contribution is 9.10. The second-order valence-electron chi connectivity index (χ2n) is 2.91. The van der Waals surface area contributed by atoms with Crippen molar-refractivity contribution in [1.82, 2.24) is 0 Å². The van der Waals surface area contributed by atoms with Crippen LogP contribution in [0.5, 0.6) is 0 Å². The van der Waals surface area contributed by atoms with Crippen molar-refractivity contribution in [2.24, 2.45) is 5.73 Å². The third kappa shape index (κ3) is 2.27. The van der Waals surface area contributed by atoms with Crippen molar-refractivity contribution in [2.75, 3.05) is 0 Å². The van der Waals surface area contributed by atoms with Gasteiger partial charge in [0.15, 0.2) is 0 Å². The zero-order chi connectivity index (χ0) is 10.0. The Balaban J connectivity index is 3.07. The molecule has 0 unspecified atom stereocenters. The van der Waals surface area contributed by atoms with Gasteiger partial charge in [-0.15, -0.1) is 0 Å². The fraction of sp³-hybridized carbons (Fsp3) is 0.333. The summed E-state index contributed by atoms with van der Waals surface area (Å²) in [5.41, 5.74) is 6.24. The number of halogens is 2. The van der Waals surface area contributed by atoms with E-state index in [0.29, 0.717) is 10.0 Å². The molecule has 0 saturated carbocycles. The van der Waals surface area contributed by atoms with E-state index in [1.165, 1.54) is 6.07 Å². The summed E-state index contributed by atoms with van der Waals surface area (Å²) in [5, 5.41) is 9.22. The predicted octanol–water partition coefficient (Wildman–Crippen LogP) is 1.97. The van der Waals surface area contributed by atoms with Gasteiger partial charge in [-0.3, -0.25) is 0 Å². The Morgan fingerprint density at radius 1 is 1.54 bits per heavy atom. The average Bonchev–Trinajstić information content (AvgIpc) is 2.08. The monoisotopic (exact) mass is 247 g/mol. The first-order valence-electron chi connectivity index (χ1n) is 3.91. The lowest BCUT2D eigenvalue weighted by atomic mass is 10.0. The van der Waals surface area contributed by atoms with Gasteiger partial charge >= 0.3 is 0 Å². The van der Waals surface area contributed by atoms with E-state index >= 15 is 0 Å². The van der Waals surface area contributed by atoms with Crippen LogP contribution in [0.15, 0.2) is 22.7 Å². The molecular formula is C9H11BrFNO.